The molecule has 0 saturated carbocycles. The molecule has 2 rings (SSSR count). The van der Waals surface area contributed by atoms with Gasteiger partial charge < -0.3 is 15.0 Å². The van der Waals surface area contributed by atoms with Gasteiger partial charge in [0.25, 0.3) is 11.6 Å². The topological polar surface area (TPSA) is 102 Å². The third-order valence-corrected chi connectivity index (χ3v) is 3.98. The van der Waals surface area contributed by atoms with Gasteiger partial charge in [-0.15, -0.1) is 0 Å². The third-order valence-electron chi connectivity index (χ3n) is 3.43. The number of hydrogen-bond donors (Lipinski definition) is 1. The first-order valence-electron chi connectivity index (χ1n) is 7.57. The first kappa shape index (κ1) is 20.5. The highest BCUT2D eigenvalue weighted by molar-refractivity contribution is 6.36. The summed E-state index contributed by atoms with van der Waals surface area (Å²) < 4.78 is 4.98. The van der Waals surface area contributed by atoms with Crippen molar-refractivity contribution in [3.63, 3.8) is 0 Å². The summed E-state index contributed by atoms with van der Waals surface area (Å²) in [4.78, 5) is 36.2. The van der Waals surface area contributed by atoms with E-state index in [0.29, 0.717) is 16.4 Å². The molecule has 0 aromatic heterocycles. The van der Waals surface area contributed by atoms with Crippen LogP contribution in [0.15, 0.2) is 36.4 Å². The van der Waals surface area contributed by atoms with Crippen LogP contribution >= 0.6 is 23.2 Å². The Bertz CT molecular complexity index is 902. The smallest absolute Gasteiger partial charge is 0.341 e. The van der Waals surface area contributed by atoms with Crippen LogP contribution in [0.3, 0.4) is 0 Å². The molecule has 10 heteroatoms. The lowest BCUT2D eigenvalue weighted by Gasteiger charge is -2.16. The lowest BCUT2D eigenvalue weighted by atomic mass is 10.1. The predicted octanol–water partition coefficient (Wildman–Crippen LogP) is 3.76. The molecule has 2 aromatic carbocycles. The summed E-state index contributed by atoms with van der Waals surface area (Å²) in [7, 11) is 3.35. The molecule has 0 aliphatic carbocycles. The Hall–Kier alpha value is -2.84. The number of esters is 1. The summed E-state index contributed by atoms with van der Waals surface area (Å²) in [5.41, 5.74) is 0.453. The van der Waals surface area contributed by atoms with Crippen LogP contribution in [-0.4, -0.2) is 37.5 Å². The molecule has 0 aliphatic rings. The van der Waals surface area contributed by atoms with E-state index in [1.807, 2.05) is 0 Å². The van der Waals surface area contributed by atoms with E-state index in [2.05, 4.69) is 5.32 Å². The first-order chi connectivity index (χ1) is 12.7. The highest BCUT2D eigenvalue weighted by Gasteiger charge is 2.20. The van der Waals surface area contributed by atoms with Gasteiger partial charge in [0.15, 0.2) is 6.61 Å². The molecule has 0 saturated heterocycles. The Labute approximate surface area is 164 Å². The second kappa shape index (κ2) is 8.70. The Balaban J connectivity index is 2.09. The molecule has 27 heavy (non-hydrogen) atoms. The van der Waals surface area contributed by atoms with Crippen molar-refractivity contribution in [2.75, 3.05) is 30.9 Å². The Morgan fingerprint density at radius 2 is 1.89 bits per heavy atom. The molecular formula is C17H15Cl2N3O5. The second-order valence-corrected chi connectivity index (χ2v) is 6.45. The highest BCUT2D eigenvalue weighted by atomic mass is 35.5. The molecule has 8 nitrogen and oxygen atoms in total. The molecule has 0 atom stereocenters. The number of halogens is 2. The summed E-state index contributed by atoms with van der Waals surface area (Å²) in [6.07, 6.45) is 0. The number of nitro benzene ring substituents is 1. The summed E-state index contributed by atoms with van der Waals surface area (Å²) in [6, 6.07) is 8.32. The lowest BCUT2D eigenvalue weighted by molar-refractivity contribution is -0.384. The number of nitro groups is 1. The fraction of sp³-hybridized carbons (Fsp3) is 0.176. The zero-order valence-electron chi connectivity index (χ0n) is 14.4. The van der Waals surface area contributed by atoms with Gasteiger partial charge in [-0.05, 0) is 24.3 Å². The fourth-order valence-electron chi connectivity index (χ4n) is 2.18. The zero-order valence-corrected chi connectivity index (χ0v) is 15.9. The summed E-state index contributed by atoms with van der Waals surface area (Å²) in [5.74, 6) is -1.48. The van der Waals surface area contributed by atoms with Crippen LogP contribution in [0.5, 0.6) is 0 Å². The number of non-ortho nitro benzene ring substituents is 1. The van der Waals surface area contributed by atoms with E-state index in [1.54, 1.807) is 25.1 Å². The predicted molar refractivity (Wildman–Crippen MR) is 103 cm³/mol. The normalized spacial score (nSPS) is 10.2. The van der Waals surface area contributed by atoms with Crippen molar-refractivity contribution in [1.29, 1.82) is 0 Å². The number of rotatable bonds is 6. The number of carbonyl (C=O) groups excluding carboxylic acids is 2. The maximum absolute atomic E-state index is 12.3. The van der Waals surface area contributed by atoms with Crippen molar-refractivity contribution >= 4 is 52.1 Å². The van der Waals surface area contributed by atoms with Crippen molar-refractivity contribution in [3.8, 4) is 0 Å². The van der Waals surface area contributed by atoms with Gasteiger partial charge in [0.05, 0.1) is 26.9 Å². The van der Waals surface area contributed by atoms with Gasteiger partial charge in [0, 0.05) is 31.3 Å². The van der Waals surface area contributed by atoms with Crippen molar-refractivity contribution in [2.45, 2.75) is 0 Å². The maximum Gasteiger partial charge on any atom is 0.341 e. The van der Waals surface area contributed by atoms with Crippen molar-refractivity contribution in [3.05, 3.63) is 62.1 Å². The molecule has 2 aromatic rings. The van der Waals surface area contributed by atoms with Gasteiger partial charge in [-0.2, -0.15) is 0 Å². The molecule has 0 radical (unpaired) electrons. The molecule has 0 spiro atoms. The number of hydrogen-bond acceptors (Lipinski definition) is 6. The Morgan fingerprint density at radius 3 is 2.48 bits per heavy atom. The van der Waals surface area contributed by atoms with Gasteiger partial charge >= 0.3 is 5.97 Å². The summed E-state index contributed by atoms with van der Waals surface area (Å²) >= 11 is 11.7. The number of nitrogens with zero attached hydrogens (tertiary/aromatic N) is 2. The molecule has 0 heterocycles. The molecule has 142 valence electrons. The molecule has 1 N–H and O–H groups in total. The van der Waals surface area contributed by atoms with Crippen LogP contribution in [0.4, 0.5) is 17.1 Å². The Morgan fingerprint density at radius 1 is 1.19 bits per heavy atom. The standard InChI is InChI=1S/C17H15Cl2N3O5/c1-21(2)15-6-4-11(22(25)26)8-12(15)17(24)27-9-16(23)20-14-5-3-10(18)7-13(14)19/h3-8H,9H2,1-2H3,(H,20,23). The van der Waals surface area contributed by atoms with Crippen LogP contribution in [0.1, 0.15) is 10.4 Å². The molecular weight excluding hydrogens is 397 g/mol. The van der Waals surface area contributed by atoms with E-state index >= 15 is 0 Å². The number of amides is 1. The number of nitrogens with one attached hydrogen (secondary N) is 1. The minimum absolute atomic E-state index is 0.0217. The van der Waals surface area contributed by atoms with Crippen molar-refractivity contribution in [2.24, 2.45) is 0 Å². The van der Waals surface area contributed by atoms with E-state index in [0.717, 1.165) is 6.07 Å². The third kappa shape index (κ3) is 5.32. The number of benzene rings is 2. The zero-order chi connectivity index (χ0) is 20.1. The van der Waals surface area contributed by atoms with Crippen LogP contribution in [-0.2, 0) is 9.53 Å². The Kier molecular flexibility index (Phi) is 6.59. The lowest BCUT2D eigenvalue weighted by Crippen LogP contribution is -2.22. The van der Waals surface area contributed by atoms with Crippen molar-refractivity contribution in [1.82, 2.24) is 0 Å². The van der Waals surface area contributed by atoms with Gasteiger partial charge in [0.1, 0.15) is 0 Å². The van der Waals surface area contributed by atoms with Crippen molar-refractivity contribution < 1.29 is 19.2 Å². The van der Waals surface area contributed by atoms with E-state index in [4.69, 9.17) is 27.9 Å². The van der Waals surface area contributed by atoms with Gasteiger partial charge in [-0.1, -0.05) is 23.2 Å². The summed E-state index contributed by atoms with van der Waals surface area (Å²) in [6.45, 7) is -0.590. The minimum Gasteiger partial charge on any atom is -0.452 e. The average molecular weight is 412 g/mol. The van der Waals surface area contributed by atoms with E-state index in [-0.39, 0.29) is 16.3 Å². The van der Waals surface area contributed by atoms with Gasteiger partial charge in [-0.25, -0.2) is 4.79 Å². The summed E-state index contributed by atoms with van der Waals surface area (Å²) in [5, 5.41) is 14.1. The van der Waals surface area contributed by atoms with Crippen LogP contribution < -0.4 is 10.2 Å². The SMILES string of the molecule is CN(C)c1ccc([N+](=O)[O-])cc1C(=O)OCC(=O)Nc1ccc(Cl)cc1Cl. The number of anilines is 2. The van der Waals surface area contributed by atoms with Gasteiger partial charge in [0.2, 0.25) is 0 Å². The monoisotopic (exact) mass is 411 g/mol. The first-order valence-corrected chi connectivity index (χ1v) is 8.32. The van der Waals surface area contributed by atoms with E-state index in [9.17, 15) is 19.7 Å². The van der Waals surface area contributed by atoms with Crippen LogP contribution in [0, 0.1) is 10.1 Å². The highest BCUT2D eigenvalue weighted by Crippen LogP contribution is 2.26. The minimum atomic E-state index is -0.861. The van der Waals surface area contributed by atoms with Gasteiger partial charge in [-0.3, -0.25) is 14.9 Å². The number of carbonyl (C=O) groups is 2. The van der Waals surface area contributed by atoms with E-state index < -0.39 is 23.4 Å². The average Bonchev–Trinajstić information content (AvgIpc) is 2.61. The maximum atomic E-state index is 12.3. The molecule has 1 amide bonds. The molecule has 0 fully saturated rings. The van der Waals surface area contributed by atoms with Crippen LogP contribution in [0.2, 0.25) is 10.0 Å². The largest absolute Gasteiger partial charge is 0.452 e. The molecule has 0 unspecified atom stereocenters. The van der Waals surface area contributed by atoms with E-state index in [1.165, 1.54) is 24.3 Å². The quantitative estimate of drug-likeness (QED) is 0.440. The molecule has 0 bridgehead atoms. The fourth-order valence-corrected chi connectivity index (χ4v) is 2.63. The molecule has 0 aliphatic heterocycles. The van der Waals surface area contributed by atoms with Crippen LogP contribution in [0.25, 0.3) is 0 Å². The number of ether oxygens (including phenoxy) is 1. The second-order valence-electron chi connectivity index (χ2n) is 5.60.